The van der Waals surface area contributed by atoms with Gasteiger partial charge in [-0.05, 0) is 37.6 Å². The third-order valence-corrected chi connectivity index (χ3v) is 3.08. The average Bonchev–Trinajstić information content (AvgIpc) is 2.67. The topological polar surface area (TPSA) is 29.9 Å². The summed E-state index contributed by atoms with van der Waals surface area (Å²) in [5.41, 5.74) is 3.59. The quantitative estimate of drug-likeness (QED) is 0.864. The van der Waals surface area contributed by atoms with Crippen LogP contribution in [-0.2, 0) is 5.88 Å². The summed E-state index contributed by atoms with van der Waals surface area (Å²) in [5, 5.41) is 7.30. The molecular formula is C13H15ClFN3. The zero-order valence-corrected chi connectivity index (χ0v) is 11.3. The summed E-state index contributed by atoms with van der Waals surface area (Å²) in [6.07, 6.45) is 0. The molecule has 1 aromatic heterocycles. The summed E-state index contributed by atoms with van der Waals surface area (Å²) < 4.78 is 15.8. The number of alkyl halides is 1. The van der Waals surface area contributed by atoms with Gasteiger partial charge in [-0.3, -0.25) is 0 Å². The van der Waals surface area contributed by atoms with Crippen LogP contribution in [0.4, 0.5) is 10.1 Å². The highest BCUT2D eigenvalue weighted by atomic mass is 35.5. The van der Waals surface area contributed by atoms with Gasteiger partial charge in [0, 0.05) is 18.6 Å². The summed E-state index contributed by atoms with van der Waals surface area (Å²) in [6, 6.07) is 5.19. The molecule has 1 N–H and O–H groups in total. The summed E-state index contributed by atoms with van der Waals surface area (Å²) in [6.45, 7) is 3.78. The minimum atomic E-state index is -0.330. The molecule has 0 atom stereocenters. The van der Waals surface area contributed by atoms with Gasteiger partial charge in [0.1, 0.15) is 5.69 Å². The molecule has 1 aromatic carbocycles. The molecule has 0 aliphatic carbocycles. The van der Waals surface area contributed by atoms with Crippen molar-refractivity contribution in [1.29, 1.82) is 0 Å². The number of hydrogen-bond donors (Lipinski definition) is 1. The van der Waals surface area contributed by atoms with Crippen LogP contribution in [-0.4, -0.2) is 16.8 Å². The molecule has 0 bridgehead atoms. The second-order valence-electron chi connectivity index (χ2n) is 4.20. The van der Waals surface area contributed by atoms with Crippen LogP contribution in [0.25, 0.3) is 5.69 Å². The van der Waals surface area contributed by atoms with E-state index in [9.17, 15) is 4.39 Å². The number of aryl methyl sites for hydroxylation is 2. The van der Waals surface area contributed by atoms with Crippen molar-refractivity contribution in [3.63, 3.8) is 0 Å². The lowest BCUT2D eigenvalue weighted by Crippen LogP contribution is -2.07. The van der Waals surface area contributed by atoms with Crippen molar-refractivity contribution in [3.05, 3.63) is 41.0 Å². The van der Waals surface area contributed by atoms with E-state index in [2.05, 4.69) is 10.4 Å². The predicted octanol–water partition coefficient (Wildman–Crippen LogP) is 3.41. The molecule has 0 saturated heterocycles. The van der Waals surface area contributed by atoms with E-state index in [0.29, 0.717) is 11.4 Å². The van der Waals surface area contributed by atoms with Crippen LogP contribution < -0.4 is 5.32 Å². The maximum Gasteiger partial charge on any atom is 0.151 e. The van der Waals surface area contributed by atoms with Gasteiger partial charge in [-0.15, -0.1) is 11.6 Å². The Morgan fingerprint density at radius 1 is 1.33 bits per heavy atom. The lowest BCUT2D eigenvalue weighted by molar-refractivity contribution is 0.607. The van der Waals surface area contributed by atoms with Gasteiger partial charge in [-0.25, -0.2) is 9.07 Å². The highest BCUT2D eigenvalue weighted by Crippen LogP contribution is 2.27. The van der Waals surface area contributed by atoms with Gasteiger partial charge >= 0.3 is 0 Å². The molecule has 0 aliphatic heterocycles. The first-order valence-corrected chi connectivity index (χ1v) is 6.20. The minimum Gasteiger partial charge on any atom is -0.386 e. The van der Waals surface area contributed by atoms with Crippen LogP contribution in [0.15, 0.2) is 18.2 Å². The largest absolute Gasteiger partial charge is 0.386 e. The average molecular weight is 268 g/mol. The standard InChI is InChI=1S/C13H15ClFN3/c1-8-4-9(2)18(17-8)13-11(15)5-10(7-14)6-12(13)16-3/h4-6,16H,7H2,1-3H3. The van der Waals surface area contributed by atoms with E-state index in [1.165, 1.54) is 6.07 Å². The van der Waals surface area contributed by atoms with Crippen LogP contribution in [0, 0.1) is 19.7 Å². The Bertz CT molecular complexity index is 578. The van der Waals surface area contributed by atoms with Crippen molar-refractivity contribution in [2.75, 3.05) is 12.4 Å². The second-order valence-corrected chi connectivity index (χ2v) is 4.46. The molecule has 18 heavy (non-hydrogen) atoms. The molecule has 0 spiro atoms. The van der Waals surface area contributed by atoms with Crippen LogP contribution in [0.1, 0.15) is 17.0 Å². The monoisotopic (exact) mass is 267 g/mol. The van der Waals surface area contributed by atoms with E-state index in [4.69, 9.17) is 11.6 Å². The third-order valence-electron chi connectivity index (χ3n) is 2.77. The van der Waals surface area contributed by atoms with Gasteiger partial charge in [0.05, 0.1) is 11.4 Å². The molecule has 96 valence electrons. The smallest absolute Gasteiger partial charge is 0.151 e. The molecule has 0 amide bonds. The first-order valence-electron chi connectivity index (χ1n) is 5.66. The number of nitrogens with one attached hydrogen (secondary N) is 1. The van der Waals surface area contributed by atoms with Gasteiger partial charge in [0.2, 0.25) is 0 Å². The minimum absolute atomic E-state index is 0.281. The maximum atomic E-state index is 14.2. The van der Waals surface area contributed by atoms with E-state index in [-0.39, 0.29) is 11.7 Å². The van der Waals surface area contributed by atoms with Gasteiger partial charge in [-0.2, -0.15) is 5.10 Å². The summed E-state index contributed by atoms with van der Waals surface area (Å²) in [4.78, 5) is 0. The van der Waals surface area contributed by atoms with Gasteiger partial charge in [0.25, 0.3) is 0 Å². The first-order chi connectivity index (χ1) is 8.56. The van der Waals surface area contributed by atoms with Crippen molar-refractivity contribution in [2.45, 2.75) is 19.7 Å². The summed E-state index contributed by atoms with van der Waals surface area (Å²) >= 11 is 5.74. The fourth-order valence-corrected chi connectivity index (χ4v) is 2.15. The molecule has 0 fully saturated rings. The Hall–Kier alpha value is -1.55. The van der Waals surface area contributed by atoms with Crippen LogP contribution in [0.3, 0.4) is 0 Å². The number of anilines is 1. The number of aromatic nitrogens is 2. The highest BCUT2D eigenvalue weighted by Gasteiger charge is 2.15. The van der Waals surface area contributed by atoms with Gasteiger partial charge in [0.15, 0.2) is 5.82 Å². The second kappa shape index (κ2) is 4.98. The van der Waals surface area contributed by atoms with Gasteiger partial charge < -0.3 is 5.32 Å². The van der Waals surface area contributed by atoms with E-state index in [1.54, 1.807) is 11.7 Å². The lowest BCUT2D eigenvalue weighted by Gasteiger charge is -2.13. The van der Waals surface area contributed by atoms with Crippen LogP contribution in [0.5, 0.6) is 0 Å². The fourth-order valence-electron chi connectivity index (χ4n) is 1.99. The lowest BCUT2D eigenvalue weighted by atomic mass is 10.1. The highest BCUT2D eigenvalue weighted by molar-refractivity contribution is 6.17. The zero-order chi connectivity index (χ0) is 13.3. The van der Waals surface area contributed by atoms with Crippen molar-refractivity contribution >= 4 is 17.3 Å². The zero-order valence-electron chi connectivity index (χ0n) is 10.6. The molecule has 5 heteroatoms. The maximum absolute atomic E-state index is 14.2. The molecule has 2 aromatic rings. The fraction of sp³-hybridized carbons (Fsp3) is 0.308. The Kier molecular flexibility index (Phi) is 3.57. The number of nitrogens with zero attached hydrogens (tertiary/aromatic N) is 2. The molecule has 0 aliphatic rings. The Morgan fingerprint density at radius 3 is 2.56 bits per heavy atom. The Labute approximate surface area is 111 Å². The number of hydrogen-bond acceptors (Lipinski definition) is 2. The molecular weight excluding hydrogens is 253 g/mol. The number of halogens is 2. The van der Waals surface area contributed by atoms with E-state index in [1.807, 2.05) is 26.0 Å². The summed E-state index contributed by atoms with van der Waals surface area (Å²) in [5.74, 6) is -0.0492. The van der Waals surface area contributed by atoms with E-state index >= 15 is 0 Å². The third kappa shape index (κ3) is 2.20. The van der Waals surface area contributed by atoms with E-state index < -0.39 is 0 Å². The normalized spacial score (nSPS) is 10.7. The Balaban J connectivity index is 2.66. The molecule has 0 radical (unpaired) electrons. The van der Waals surface area contributed by atoms with Crippen molar-refractivity contribution in [3.8, 4) is 5.69 Å². The molecule has 3 nitrogen and oxygen atoms in total. The van der Waals surface area contributed by atoms with Gasteiger partial charge in [-0.1, -0.05) is 0 Å². The van der Waals surface area contributed by atoms with Crippen molar-refractivity contribution in [2.24, 2.45) is 0 Å². The first kappa shape index (κ1) is 12.9. The number of benzene rings is 1. The van der Waals surface area contributed by atoms with Crippen molar-refractivity contribution < 1.29 is 4.39 Å². The van der Waals surface area contributed by atoms with Crippen LogP contribution in [0.2, 0.25) is 0 Å². The SMILES string of the molecule is CNc1cc(CCl)cc(F)c1-n1nc(C)cc1C. The molecule has 0 saturated carbocycles. The molecule has 1 heterocycles. The van der Waals surface area contributed by atoms with Crippen LogP contribution >= 0.6 is 11.6 Å². The molecule has 2 rings (SSSR count). The Morgan fingerprint density at radius 2 is 2.06 bits per heavy atom. The summed E-state index contributed by atoms with van der Waals surface area (Å²) in [7, 11) is 1.75. The van der Waals surface area contributed by atoms with Crippen molar-refractivity contribution in [1.82, 2.24) is 9.78 Å². The van der Waals surface area contributed by atoms with E-state index in [0.717, 1.165) is 17.0 Å². The number of rotatable bonds is 3. The predicted molar refractivity (Wildman–Crippen MR) is 72.1 cm³/mol. The molecule has 0 unspecified atom stereocenters.